The number of nitrogens with zero attached hydrogens (tertiary/aromatic N) is 3. The first-order chi connectivity index (χ1) is 17.1. The molecule has 0 amide bonds. The SMILES string of the molecule is CCc1c(-c2ccnc(OC)c2)[nH]c2ccc(C3CCN(C4CC5CCCC(C4)N5C)CC3)cc12. The smallest absolute Gasteiger partial charge is 0.213 e. The molecule has 186 valence electrons. The number of methoxy groups -OCH3 is 1. The van der Waals surface area contributed by atoms with E-state index >= 15 is 0 Å². The van der Waals surface area contributed by atoms with Gasteiger partial charge in [0, 0.05) is 52.5 Å². The van der Waals surface area contributed by atoms with E-state index in [0.717, 1.165) is 30.1 Å². The van der Waals surface area contributed by atoms with Crippen molar-refractivity contribution in [2.24, 2.45) is 0 Å². The van der Waals surface area contributed by atoms with Crippen molar-refractivity contribution in [3.8, 4) is 17.1 Å². The number of rotatable bonds is 5. The highest BCUT2D eigenvalue weighted by atomic mass is 16.5. The van der Waals surface area contributed by atoms with E-state index in [1.807, 2.05) is 12.3 Å². The first-order valence-corrected chi connectivity index (χ1v) is 13.8. The fourth-order valence-corrected chi connectivity index (χ4v) is 7.29. The molecule has 2 unspecified atom stereocenters. The van der Waals surface area contributed by atoms with E-state index in [4.69, 9.17) is 4.74 Å². The minimum Gasteiger partial charge on any atom is -0.481 e. The van der Waals surface area contributed by atoms with Gasteiger partial charge in [0.2, 0.25) is 5.88 Å². The average molecular weight is 473 g/mol. The van der Waals surface area contributed by atoms with E-state index in [-0.39, 0.29) is 0 Å². The van der Waals surface area contributed by atoms with Crippen LogP contribution in [0.1, 0.15) is 68.9 Å². The second-order valence-electron chi connectivity index (χ2n) is 11.1. The standard InChI is InChI=1S/C30H40N4O/c1-4-26-27-16-21(8-9-28(27)32-30(26)22-10-13-31-29(17-22)35-3)20-11-14-34(15-12-20)25-18-23-6-5-7-24(19-25)33(23)2/h8-10,13,16-17,20,23-25,32H,4-7,11-12,14-15,18-19H2,1-3H3. The Labute approximate surface area is 209 Å². The molecule has 1 N–H and O–H groups in total. The summed E-state index contributed by atoms with van der Waals surface area (Å²) < 4.78 is 5.37. The number of aryl methyl sites for hydroxylation is 1. The van der Waals surface area contributed by atoms with Crippen molar-refractivity contribution in [3.05, 3.63) is 47.7 Å². The summed E-state index contributed by atoms with van der Waals surface area (Å²) in [6, 6.07) is 13.7. The molecular weight excluding hydrogens is 432 g/mol. The van der Waals surface area contributed by atoms with Crippen molar-refractivity contribution in [3.63, 3.8) is 0 Å². The maximum absolute atomic E-state index is 5.37. The van der Waals surface area contributed by atoms with Crippen LogP contribution in [0.25, 0.3) is 22.2 Å². The third-order valence-corrected chi connectivity index (χ3v) is 9.35. The Morgan fingerprint density at radius 1 is 1.00 bits per heavy atom. The molecule has 5 heterocycles. The molecule has 0 aliphatic carbocycles. The van der Waals surface area contributed by atoms with Gasteiger partial charge in [0.05, 0.1) is 7.11 Å². The average Bonchev–Trinajstić information content (AvgIpc) is 3.26. The molecule has 0 radical (unpaired) electrons. The lowest BCUT2D eigenvalue weighted by molar-refractivity contribution is 0.00179. The molecule has 35 heavy (non-hydrogen) atoms. The van der Waals surface area contributed by atoms with E-state index in [9.17, 15) is 0 Å². The van der Waals surface area contributed by atoms with Crippen LogP contribution in [0.2, 0.25) is 0 Å². The summed E-state index contributed by atoms with van der Waals surface area (Å²) in [6.07, 6.45) is 12.4. The number of aromatic amines is 1. The van der Waals surface area contributed by atoms with Crippen molar-refractivity contribution in [2.75, 3.05) is 27.2 Å². The van der Waals surface area contributed by atoms with E-state index in [2.05, 4.69) is 58.0 Å². The Bertz CT molecular complexity index is 1160. The molecule has 3 fully saturated rings. The van der Waals surface area contributed by atoms with E-state index in [0.29, 0.717) is 11.8 Å². The van der Waals surface area contributed by atoms with Crippen LogP contribution in [-0.4, -0.2) is 65.1 Å². The van der Waals surface area contributed by atoms with Crippen molar-refractivity contribution in [1.82, 2.24) is 19.8 Å². The largest absolute Gasteiger partial charge is 0.481 e. The number of piperidine rings is 3. The first kappa shape index (κ1) is 23.1. The normalized spacial score (nSPS) is 26.3. The van der Waals surface area contributed by atoms with Crippen LogP contribution in [0.3, 0.4) is 0 Å². The van der Waals surface area contributed by atoms with Crippen LogP contribution >= 0.6 is 0 Å². The van der Waals surface area contributed by atoms with Gasteiger partial charge in [0.1, 0.15) is 0 Å². The number of H-pyrrole nitrogens is 1. The summed E-state index contributed by atoms with van der Waals surface area (Å²) in [6.45, 7) is 4.77. The Morgan fingerprint density at radius 2 is 1.77 bits per heavy atom. The van der Waals surface area contributed by atoms with Gasteiger partial charge in [-0.1, -0.05) is 19.4 Å². The second kappa shape index (κ2) is 9.59. The highest BCUT2D eigenvalue weighted by molar-refractivity contribution is 5.91. The maximum atomic E-state index is 5.37. The van der Waals surface area contributed by atoms with E-state index in [1.54, 1.807) is 7.11 Å². The van der Waals surface area contributed by atoms with Gasteiger partial charge in [0.15, 0.2) is 0 Å². The molecule has 0 saturated carbocycles. The number of hydrogen-bond donors (Lipinski definition) is 1. The Hall–Kier alpha value is -2.37. The van der Waals surface area contributed by atoms with Gasteiger partial charge in [-0.3, -0.25) is 0 Å². The number of pyridine rings is 1. The molecule has 3 aliphatic rings. The van der Waals surface area contributed by atoms with Crippen LogP contribution in [-0.2, 0) is 6.42 Å². The number of aromatic nitrogens is 2. The Balaban J connectivity index is 1.19. The molecule has 6 rings (SSSR count). The zero-order valence-electron chi connectivity index (χ0n) is 21.6. The lowest BCUT2D eigenvalue weighted by Crippen LogP contribution is -2.56. The third kappa shape index (κ3) is 4.27. The van der Waals surface area contributed by atoms with Crippen LogP contribution in [0.5, 0.6) is 5.88 Å². The van der Waals surface area contributed by atoms with Crippen LogP contribution in [0, 0.1) is 0 Å². The number of nitrogens with one attached hydrogen (secondary N) is 1. The van der Waals surface area contributed by atoms with Gasteiger partial charge in [-0.15, -0.1) is 0 Å². The van der Waals surface area contributed by atoms with Gasteiger partial charge in [0.25, 0.3) is 0 Å². The van der Waals surface area contributed by atoms with Gasteiger partial charge in [-0.05, 0) is 100 Å². The predicted octanol–water partition coefficient (Wildman–Crippen LogP) is 6.00. The highest BCUT2D eigenvalue weighted by Crippen LogP contribution is 2.39. The maximum Gasteiger partial charge on any atom is 0.213 e. The zero-order valence-corrected chi connectivity index (χ0v) is 21.6. The molecule has 2 aromatic heterocycles. The molecule has 3 saturated heterocycles. The van der Waals surface area contributed by atoms with E-state index < -0.39 is 0 Å². The number of hydrogen-bond acceptors (Lipinski definition) is 4. The monoisotopic (exact) mass is 472 g/mol. The van der Waals surface area contributed by atoms with Gasteiger partial charge < -0.3 is 19.5 Å². The van der Waals surface area contributed by atoms with Crippen molar-refractivity contribution in [2.45, 2.75) is 82.3 Å². The predicted molar refractivity (Wildman–Crippen MR) is 143 cm³/mol. The molecule has 3 aromatic rings. The Morgan fingerprint density at radius 3 is 2.49 bits per heavy atom. The molecule has 0 spiro atoms. The van der Waals surface area contributed by atoms with Crippen molar-refractivity contribution < 1.29 is 4.74 Å². The van der Waals surface area contributed by atoms with Crippen LogP contribution < -0.4 is 4.74 Å². The fraction of sp³-hybridized carbons (Fsp3) is 0.567. The number of fused-ring (bicyclic) bond motifs is 3. The summed E-state index contributed by atoms with van der Waals surface area (Å²) in [5, 5.41) is 1.38. The fourth-order valence-electron chi connectivity index (χ4n) is 7.29. The minimum atomic E-state index is 0.656. The summed E-state index contributed by atoms with van der Waals surface area (Å²) in [5.41, 5.74) is 6.48. The second-order valence-corrected chi connectivity index (χ2v) is 11.1. The highest BCUT2D eigenvalue weighted by Gasteiger charge is 2.39. The summed E-state index contributed by atoms with van der Waals surface area (Å²) in [4.78, 5) is 13.5. The first-order valence-electron chi connectivity index (χ1n) is 13.8. The lowest BCUT2D eigenvalue weighted by Gasteiger charge is -2.50. The van der Waals surface area contributed by atoms with Gasteiger partial charge >= 0.3 is 0 Å². The molecule has 3 aliphatic heterocycles. The van der Waals surface area contributed by atoms with Gasteiger partial charge in [-0.2, -0.15) is 0 Å². The number of likely N-dealkylation sites (tertiary alicyclic amines) is 1. The van der Waals surface area contributed by atoms with Crippen LogP contribution in [0.15, 0.2) is 36.5 Å². The third-order valence-electron chi connectivity index (χ3n) is 9.35. The van der Waals surface area contributed by atoms with Crippen molar-refractivity contribution >= 4 is 10.9 Å². The van der Waals surface area contributed by atoms with Crippen molar-refractivity contribution in [1.29, 1.82) is 0 Å². The molecule has 1 aromatic carbocycles. The van der Waals surface area contributed by atoms with Crippen LogP contribution in [0.4, 0.5) is 0 Å². The summed E-state index contributed by atoms with van der Waals surface area (Å²) in [7, 11) is 4.04. The van der Waals surface area contributed by atoms with E-state index in [1.165, 1.54) is 85.8 Å². The number of benzene rings is 1. The molecule has 2 atom stereocenters. The molecular formula is C30H40N4O. The molecule has 5 nitrogen and oxygen atoms in total. The minimum absolute atomic E-state index is 0.656. The topological polar surface area (TPSA) is 44.4 Å². The zero-order chi connectivity index (χ0) is 23.9. The Kier molecular flexibility index (Phi) is 6.32. The van der Waals surface area contributed by atoms with Gasteiger partial charge in [-0.25, -0.2) is 4.98 Å². The summed E-state index contributed by atoms with van der Waals surface area (Å²) >= 11 is 0. The molecule has 2 bridgehead atoms. The summed E-state index contributed by atoms with van der Waals surface area (Å²) in [5.74, 6) is 1.33. The molecule has 5 heteroatoms. The lowest BCUT2D eigenvalue weighted by atomic mass is 9.80. The quantitative estimate of drug-likeness (QED) is 0.495. The number of ether oxygens (including phenoxy) is 1.